The molecule has 9 heterocycles. The lowest BCUT2D eigenvalue weighted by Gasteiger charge is -2.20. The van der Waals surface area contributed by atoms with Gasteiger partial charge in [-0.2, -0.15) is 10.5 Å². The second-order valence-corrected chi connectivity index (χ2v) is 32.8. The molecule has 0 bridgehead atoms. The van der Waals surface area contributed by atoms with E-state index in [9.17, 15) is 63.4 Å². The zero-order valence-corrected chi connectivity index (χ0v) is 74.5. The number of fused-ring (bicyclic) bond motifs is 6. The van der Waals surface area contributed by atoms with Gasteiger partial charge in [-0.15, -0.1) is 11.6 Å². The van der Waals surface area contributed by atoms with Gasteiger partial charge in [-0.25, -0.2) is 9.64 Å². The Kier molecular flexibility index (Phi) is 28.5. The molecule has 0 fully saturated rings. The van der Waals surface area contributed by atoms with Crippen LogP contribution in [0, 0.1) is 29.2 Å². The van der Waals surface area contributed by atoms with Crippen LogP contribution >= 0.6 is 11.6 Å². The predicted molar refractivity (Wildman–Crippen MR) is 519 cm³/mol. The Labute approximate surface area is 796 Å². The molecule has 3 aromatic heterocycles. The van der Waals surface area contributed by atoms with Crippen LogP contribution in [0.4, 0.5) is 39.8 Å². The molecule has 0 saturated heterocycles. The van der Waals surface area contributed by atoms with Gasteiger partial charge in [-0.1, -0.05) is 72.8 Å². The number of ether oxygens (including phenoxy) is 2. The largest absolute Gasteiger partial charge is 0.507 e. The number of benzene rings is 11. The summed E-state index contributed by atoms with van der Waals surface area (Å²) in [6, 6.07) is 67.3. The molecule has 11 aromatic carbocycles. The van der Waals surface area contributed by atoms with Gasteiger partial charge < -0.3 is 60.1 Å². The number of rotatable bonds is 20. The SMILES string of the molecule is N#Cc1cncc(CCl)c1.O=Cc1ccc(C(=O)N2CCc3c(-c4cccc5c4CCN5C(=O)c4ccc(C=O)c(O)c4)cccc32)cc1O.O=Cc1ccc(C(=O)O)cc1O.[C-]#[N+]c1cncc(COc2cc(C(=O)N3CCc4c(-c5cccc6c5CCN6C(=O)c5ccc(C=O)c(OCc6cncc(C#N)c6)c5)cccc43)ccc2C=O)c1.c1cc2c(c(-c3cccc4c3CCN4)c1)CCN2. The fraction of sp³-hybridized carbons (Fsp3) is 0.138. The number of aldehydes is 5. The summed E-state index contributed by atoms with van der Waals surface area (Å²) in [4.78, 5) is 143. The van der Waals surface area contributed by atoms with Crippen LogP contribution in [0.5, 0.6) is 28.7 Å². The van der Waals surface area contributed by atoms with E-state index in [1.165, 1.54) is 101 Å². The van der Waals surface area contributed by atoms with Crippen molar-refractivity contribution in [2.45, 2.75) is 57.6 Å². The number of phenols is 3. The first-order valence-corrected chi connectivity index (χ1v) is 44.3. The summed E-state index contributed by atoms with van der Waals surface area (Å²) in [6.45, 7) is 11.3. The Hall–Kier alpha value is -18.1. The summed E-state index contributed by atoms with van der Waals surface area (Å²) in [5.41, 5.74) is 25.3. The maximum Gasteiger partial charge on any atom is 0.335 e. The number of amides is 4. The van der Waals surface area contributed by atoms with Gasteiger partial charge in [0.25, 0.3) is 23.6 Å². The number of carboxylic acids is 1. The molecule has 6 aliphatic rings. The highest BCUT2D eigenvalue weighted by Crippen LogP contribution is 2.47. The number of alkyl halides is 1. The molecular formula is C109H83ClN12O16. The second-order valence-electron chi connectivity index (χ2n) is 32.5. The minimum Gasteiger partial charge on any atom is -0.507 e. The third kappa shape index (κ3) is 19.9. The molecule has 0 atom stereocenters. The maximum absolute atomic E-state index is 14.1. The van der Waals surface area contributed by atoms with Crippen molar-refractivity contribution in [1.29, 1.82) is 10.5 Å². The lowest BCUT2D eigenvalue weighted by Crippen LogP contribution is -2.28. The molecule has 14 aromatic rings. The summed E-state index contributed by atoms with van der Waals surface area (Å²) in [6.07, 6.45) is 16.9. The van der Waals surface area contributed by atoms with Crippen LogP contribution in [0.25, 0.3) is 38.2 Å². The number of hydrogen-bond acceptors (Lipinski definition) is 22. The number of aromatic hydroxyl groups is 3. The number of hydrogen-bond donors (Lipinski definition) is 6. The van der Waals surface area contributed by atoms with E-state index in [1.54, 1.807) is 92.8 Å². The van der Waals surface area contributed by atoms with Gasteiger partial charge in [-0.05, 0) is 262 Å². The summed E-state index contributed by atoms with van der Waals surface area (Å²) >= 11 is 5.51. The van der Waals surface area contributed by atoms with Crippen molar-refractivity contribution in [2.24, 2.45) is 0 Å². The fourth-order valence-electron chi connectivity index (χ4n) is 17.7. The van der Waals surface area contributed by atoms with E-state index in [-0.39, 0.29) is 87.8 Å². The quantitative estimate of drug-likeness (QED) is 0.0234. The average Bonchev–Trinajstić information content (AvgIpc) is 1.63. The zero-order chi connectivity index (χ0) is 96.6. The highest BCUT2D eigenvalue weighted by atomic mass is 35.5. The normalized spacial score (nSPS) is 12.7. The predicted octanol–water partition coefficient (Wildman–Crippen LogP) is 18.4. The number of halogens is 1. The summed E-state index contributed by atoms with van der Waals surface area (Å²) in [5.74, 6) is -2.00. The number of pyridine rings is 3. The lowest BCUT2D eigenvalue weighted by molar-refractivity contribution is 0.0694. The first kappa shape index (κ1) is 93.2. The molecule has 682 valence electrons. The van der Waals surface area contributed by atoms with Crippen LogP contribution in [0.1, 0.15) is 165 Å². The number of carbonyl (C=O) groups excluding carboxylic acids is 9. The molecule has 28 nitrogen and oxygen atoms in total. The number of phenolic OH excluding ortho intramolecular Hbond substituents is 3. The summed E-state index contributed by atoms with van der Waals surface area (Å²) in [5, 5.41) is 62.2. The van der Waals surface area contributed by atoms with Crippen molar-refractivity contribution in [3.63, 3.8) is 0 Å². The highest BCUT2D eigenvalue weighted by Gasteiger charge is 2.36. The van der Waals surface area contributed by atoms with Gasteiger partial charge in [-0.3, -0.25) is 58.1 Å². The van der Waals surface area contributed by atoms with Crippen LogP contribution in [0.3, 0.4) is 0 Å². The smallest absolute Gasteiger partial charge is 0.335 e. The van der Waals surface area contributed by atoms with Crippen molar-refractivity contribution in [1.82, 2.24) is 15.0 Å². The Morgan fingerprint density at radius 2 is 0.696 bits per heavy atom. The molecule has 29 heteroatoms. The van der Waals surface area contributed by atoms with Crippen LogP contribution < -0.4 is 39.7 Å². The van der Waals surface area contributed by atoms with Gasteiger partial charge in [0.15, 0.2) is 31.4 Å². The molecule has 6 N–H and O–H groups in total. The third-order valence-corrected chi connectivity index (χ3v) is 24.7. The fourth-order valence-corrected chi connectivity index (χ4v) is 17.8. The monoisotopic (exact) mass is 1850 g/mol. The molecule has 138 heavy (non-hydrogen) atoms. The van der Waals surface area contributed by atoms with Crippen LogP contribution in [0.2, 0.25) is 0 Å². The number of nitriles is 2. The molecule has 0 unspecified atom stereocenters. The van der Waals surface area contributed by atoms with Crippen LogP contribution in [-0.2, 0) is 57.6 Å². The average molecular weight is 1850 g/mol. The molecule has 6 aliphatic heterocycles. The van der Waals surface area contributed by atoms with E-state index in [2.05, 4.69) is 66.8 Å². The minimum absolute atomic E-state index is 0.0434. The Morgan fingerprint density at radius 1 is 0.384 bits per heavy atom. The second kappa shape index (κ2) is 42.2. The number of anilines is 6. The first-order valence-electron chi connectivity index (χ1n) is 43.8. The van der Waals surface area contributed by atoms with E-state index >= 15 is 0 Å². The Balaban J connectivity index is 0.000000146. The van der Waals surface area contributed by atoms with Crippen LogP contribution in [0.15, 0.2) is 256 Å². The first-order chi connectivity index (χ1) is 67.2. The van der Waals surface area contributed by atoms with E-state index in [0.717, 1.165) is 105 Å². The van der Waals surface area contributed by atoms with Gasteiger partial charge >= 0.3 is 5.97 Å². The number of carbonyl (C=O) groups is 10. The van der Waals surface area contributed by atoms with Crippen molar-refractivity contribution in [2.75, 3.05) is 69.5 Å². The number of carboxylic acid groups (broad SMARTS) is 1. The molecule has 0 spiro atoms. The molecule has 0 saturated carbocycles. The van der Waals surface area contributed by atoms with E-state index in [0.29, 0.717) is 150 Å². The highest BCUT2D eigenvalue weighted by molar-refractivity contribution is 6.17. The lowest BCUT2D eigenvalue weighted by atomic mass is 9.93. The van der Waals surface area contributed by atoms with Crippen molar-refractivity contribution >= 4 is 112 Å². The van der Waals surface area contributed by atoms with Crippen molar-refractivity contribution in [3.8, 4) is 74.3 Å². The molecule has 0 radical (unpaired) electrons. The van der Waals surface area contributed by atoms with E-state index in [1.807, 2.05) is 84.9 Å². The molecule has 4 amide bonds. The summed E-state index contributed by atoms with van der Waals surface area (Å²) in [7, 11) is 0. The molecular weight excluding hydrogens is 1770 g/mol. The van der Waals surface area contributed by atoms with Crippen LogP contribution in [-0.4, -0.2) is 136 Å². The number of aromatic nitrogens is 3. The number of aromatic carboxylic acids is 1. The van der Waals surface area contributed by atoms with Gasteiger partial charge in [0.1, 0.15) is 54.1 Å². The van der Waals surface area contributed by atoms with Gasteiger partial charge in [0.05, 0.1) is 51.1 Å². The third-order valence-electron chi connectivity index (χ3n) is 24.4. The Morgan fingerprint density at radius 3 is 1.04 bits per heavy atom. The zero-order valence-electron chi connectivity index (χ0n) is 73.8. The van der Waals surface area contributed by atoms with Crippen molar-refractivity contribution in [3.05, 3.63) is 384 Å². The van der Waals surface area contributed by atoms with Crippen molar-refractivity contribution < 1.29 is 77.8 Å². The number of nitrogens with zero attached hydrogens (tertiary/aromatic N) is 10. The van der Waals surface area contributed by atoms with Gasteiger partial charge in [0.2, 0.25) is 5.69 Å². The standard InChI is InChI=1S/C46H32N6O6.C32H24N2O6.C16H16N2.C8H6O4.C7H5ClN2/c1-48-36-17-31(23-50-24-36)28-58-44-19-33(9-11-35(44)26-54)46(56)52-15-13-40-38(5-3-7-42(40)52)37-4-2-6-41-39(37)12-14-51(41)45(55)32-8-10-34(25-53)43(18-32)57-27-30-16-29(20-47)21-49-22-30;35-17-21-9-7-19(15-29(21)37)31(39)33-13-11-25-23(3-1-5-27(25)33)24-4-2-6-28-26(24)12-14-34(28)32(40)20-8-10-22(18-36)30(38)16-20;1-3-11(13-7-9-17-15(13)5-1)12-4-2-6-16-14(12)8-10-18-16;9-4-6-2-1-5(8(11)12)3-7(6)10;8-2-6-1-7(3-9)5-10-4-6/h2-11,16-19,21-26H,12-15,27-28H2;1-10,15-18,37-38H,11-14H2;1-6,17-18H,7-10H2;1-4,10H,(H,11,12);1,4-5H,2H2. The Bertz CT molecular complexity index is 7020. The minimum atomic E-state index is -1.14. The molecule has 20 rings (SSSR count). The topological polar surface area (TPSA) is 398 Å². The van der Waals surface area contributed by atoms with E-state index in [4.69, 9.17) is 43.1 Å². The maximum atomic E-state index is 14.1. The van der Waals surface area contributed by atoms with E-state index < -0.39 is 5.97 Å². The molecule has 0 aliphatic carbocycles. The number of nitrogens with one attached hydrogen (secondary N) is 2. The van der Waals surface area contributed by atoms with Gasteiger partial charge in [0, 0.05) is 144 Å². The summed E-state index contributed by atoms with van der Waals surface area (Å²) < 4.78 is 11.9.